The zero-order valence-electron chi connectivity index (χ0n) is 17.3. The Hall–Kier alpha value is -4.20. The smallest absolute Gasteiger partial charge is 0.369 e. The van der Waals surface area contributed by atoms with Crippen LogP contribution in [0.2, 0.25) is 0 Å². The molecule has 0 saturated carbocycles. The Labute approximate surface area is 186 Å². The Kier molecular flexibility index (Phi) is 5.59. The molecule has 33 heavy (non-hydrogen) atoms. The summed E-state index contributed by atoms with van der Waals surface area (Å²) in [6, 6.07) is 9.47. The maximum atomic E-state index is 13.2. The second-order valence-corrected chi connectivity index (χ2v) is 7.55. The largest absolute Gasteiger partial charge is 0.417 e. The molecule has 1 aliphatic rings. The molecule has 0 fully saturated rings. The van der Waals surface area contributed by atoms with Crippen molar-refractivity contribution in [1.82, 2.24) is 15.0 Å². The van der Waals surface area contributed by atoms with Crippen LogP contribution in [-0.4, -0.2) is 27.4 Å². The third kappa shape index (κ3) is 4.41. The van der Waals surface area contributed by atoms with Crippen LogP contribution in [0.25, 0.3) is 0 Å². The number of carbonyl (C=O) groups excluding carboxylic acids is 1. The molecule has 4 rings (SSSR count). The predicted molar refractivity (Wildman–Crippen MR) is 113 cm³/mol. The topological polar surface area (TPSA) is 130 Å². The molecule has 3 heterocycles. The number of hydrogen-bond donors (Lipinski definition) is 3. The third-order valence-electron chi connectivity index (χ3n) is 5.40. The van der Waals surface area contributed by atoms with Crippen LogP contribution in [0.5, 0.6) is 0 Å². The highest BCUT2D eigenvalue weighted by molar-refractivity contribution is 5.92. The molecular formula is C22H18F3N7O. The van der Waals surface area contributed by atoms with Gasteiger partial charge in [-0.1, -0.05) is 12.1 Å². The number of aromatic nitrogens is 3. The molecule has 1 aromatic carbocycles. The fourth-order valence-electron chi connectivity index (χ4n) is 3.63. The number of amides is 1. The lowest BCUT2D eigenvalue weighted by Crippen LogP contribution is -2.15. The average Bonchev–Trinajstić information content (AvgIpc) is 3.21. The average molecular weight is 453 g/mol. The number of anilines is 2. The van der Waals surface area contributed by atoms with Gasteiger partial charge in [0.15, 0.2) is 0 Å². The van der Waals surface area contributed by atoms with Gasteiger partial charge in [-0.25, -0.2) is 15.0 Å². The van der Waals surface area contributed by atoms with Crippen molar-refractivity contribution in [3.8, 4) is 6.07 Å². The van der Waals surface area contributed by atoms with E-state index in [0.717, 1.165) is 17.8 Å². The zero-order chi connectivity index (χ0) is 23.8. The molecule has 0 aliphatic carbocycles. The van der Waals surface area contributed by atoms with Gasteiger partial charge >= 0.3 is 6.18 Å². The van der Waals surface area contributed by atoms with Crippen LogP contribution < -0.4 is 16.4 Å². The number of hydrogen-bond acceptors (Lipinski definition) is 7. The van der Waals surface area contributed by atoms with E-state index >= 15 is 0 Å². The van der Waals surface area contributed by atoms with Crippen molar-refractivity contribution in [2.75, 3.05) is 17.2 Å². The van der Waals surface area contributed by atoms with Crippen molar-refractivity contribution in [2.24, 2.45) is 5.73 Å². The fourth-order valence-corrected chi connectivity index (χ4v) is 3.63. The number of fused-ring (bicyclic) bond motifs is 1. The first-order valence-corrected chi connectivity index (χ1v) is 9.91. The van der Waals surface area contributed by atoms with Crippen molar-refractivity contribution >= 4 is 17.7 Å². The van der Waals surface area contributed by atoms with Gasteiger partial charge in [-0.3, -0.25) is 4.79 Å². The standard InChI is InChI=1S/C22H18F3N7O/c1-11(12-2-4-13(5-3-12)19(27)33)31-21-30-8-14(7-26)18(32-21)17-10-29-20-16(17)6-15(9-28-20)22(23,24)25/h2-6,8-9,11,17H,10H2,1H3,(H2,27,33)(H,28,29)(H,30,31,32)/t11-,17?/m1/s1. The number of nitrogens with one attached hydrogen (secondary N) is 2. The molecule has 8 nitrogen and oxygen atoms in total. The summed E-state index contributed by atoms with van der Waals surface area (Å²) in [5.74, 6) is -0.592. The van der Waals surface area contributed by atoms with Gasteiger partial charge in [0.05, 0.1) is 29.1 Å². The first-order chi connectivity index (χ1) is 15.7. The van der Waals surface area contributed by atoms with Crippen molar-refractivity contribution in [1.29, 1.82) is 5.26 Å². The van der Waals surface area contributed by atoms with Gasteiger partial charge in [0.2, 0.25) is 11.9 Å². The lowest BCUT2D eigenvalue weighted by Gasteiger charge is -2.17. The van der Waals surface area contributed by atoms with E-state index in [1.807, 2.05) is 13.0 Å². The molecule has 0 spiro atoms. The maximum absolute atomic E-state index is 13.2. The van der Waals surface area contributed by atoms with Gasteiger partial charge in [-0.05, 0) is 30.7 Å². The highest BCUT2D eigenvalue weighted by atomic mass is 19.4. The van der Waals surface area contributed by atoms with E-state index in [2.05, 4.69) is 25.6 Å². The van der Waals surface area contributed by atoms with Crippen molar-refractivity contribution in [3.05, 3.63) is 76.2 Å². The summed E-state index contributed by atoms with van der Waals surface area (Å²) in [5.41, 5.74) is 6.39. The van der Waals surface area contributed by atoms with E-state index in [0.29, 0.717) is 22.6 Å². The molecule has 3 aromatic rings. The van der Waals surface area contributed by atoms with Crippen molar-refractivity contribution in [2.45, 2.75) is 25.1 Å². The maximum Gasteiger partial charge on any atom is 0.417 e. The van der Waals surface area contributed by atoms with Crippen LogP contribution in [0.4, 0.5) is 24.9 Å². The van der Waals surface area contributed by atoms with Gasteiger partial charge in [0.1, 0.15) is 11.9 Å². The normalized spacial score (nSPS) is 15.8. The zero-order valence-corrected chi connectivity index (χ0v) is 17.3. The lowest BCUT2D eigenvalue weighted by atomic mass is 9.95. The Morgan fingerprint density at radius 1 is 1.27 bits per heavy atom. The number of benzene rings is 1. The SMILES string of the molecule is C[C@@H](Nc1ncc(C#N)c(C2CNc3ncc(C(F)(F)F)cc32)n1)c1ccc(C(N)=O)cc1. The quantitative estimate of drug-likeness (QED) is 0.538. The van der Waals surface area contributed by atoms with Gasteiger partial charge in [-0.2, -0.15) is 18.4 Å². The Balaban J connectivity index is 1.64. The molecule has 4 N–H and O–H groups in total. The molecule has 1 aliphatic heterocycles. The second-order valence-electron chi connectivity index (χ2n) is 7.55. The van der Waals surface area contributed by atoms with Crippen LogP contribution in [0.1, 0.15) is 57.2 Å². The van der Waals surface area contributed by atoms with Gasteiger partial charge in [0, 0.05) is 29.8 Å². The molecule has 168 valence electrons. The van der Waals surface area contributed by atoms with E-state index in [9.17, 15) is 23.2 Å². The first-order valence-electron chi connectivity index (χ1n) is 9.91. The fraction of sp³-hybridized carbons (Fsp3) is 0.227. The first kappa shape index (κ1) is 22.0. The van der Waals surface area contributed by atoms with Crippen LogP contribution in [0, 0.1) is 11.3 Å². The lowest BCUT2D eigenvalue weighted by molar-refractivity contribution is -0.137. The monoisotopic (exact) mass is 453 g/mol. The van der Waals surface area contributed by atoms with E-state index in [1.165, 1.54) is 6.20 Å². The minimum absolute atomic E-state index is 0.163. The Morgan fingerprint density at radius 3 is 2.64 bits per heavy atom. The Morgan fingerprint density at radius 2 is 2.00 bits per heavy atom. The summed E-state index contributed by atoms with van der Waals surface area (Å²) in [6.07, 6.45) is -2.42. The van der Waals surface area contributed by atoms with E-state index in [-0.39, 0.29) is 24.1 Å². The minimum Gasteiger partial charge on any atom is -0.369 e. The molecule has 0 saturated heterocycles. The van der Waals surface area contributed by atoms with Crippen LogP contribution in [0.3, 0.4) is 0 Å². The van der Waals surface area contributed by atoms with Crippen molar-refractivity contribution in [3.63, 3.8) is 0 Å². The van der Waals surface area contributed by atoms with Crippen LogP contribution >= 0.6 is 0 Å². The van der Waals surface area contributed by atoms with E-state index < -0.39 is 23.6 Å². The molecular weight excluding hydrogens is 435 g/mol. The van der Waals surface area contributed by atoms with E-state index in [1.54, 1.807) is 24.3 Å². The van der Waals surface area contributed by atoms with Crippen molar-refractivity contribution < 1.29 is 18.0 Å². The molecule has 2 aromatic heterocycles. The number of rotatable bonds is 5. The van der Waals surface area contributed by atoms with E-state index in [4.69, 9.17) is 5.73 Å². The summed E-state index contributed by atoms with van der Waals surface area (Å²) >= 11 is 0. The molecule has 2 atom stereocenters. The number of nitrogens with two attached hydrogens (primary N) is 1. The summed E-state index contributed by atoms with van der Waals surface area (Å²) in [5, 5.41) is 15.6. The van der Waals surface area contributed by atoms with Gasteiger partial charge < -0.3 is 16.4 Å². The highest BCUT2D eigenvalue weighted by Crippen LogP contribution is 2.39. The van der Waals surface area contributed by atoms with Gasteiger partial charge in [0.25, 0.3) is 0 Å². The predicted octanol–water partition coefficient (Wildman–Crippen LogP) is 3.59. The van der Waals surface area contributed by atoms with Gasteiger partial charge in [-0.15, -0.1) is 0 Å². The van der Waals surface area contributed by atoms with Crippen LogP contribution in [0.15, 0.2) is 42.7 Å². The molecule has 11 heteroatoms. The highest BCUT2D eigenvalue weighted by Gasteiger charge is 2.35. The summed E-state index contributed by atoms with van der Waals surface area (Å²) in [7, 11) is 0. The third-order valence-corrected chi connectivity index (χ3v) is 5.40. The number of carbonyl (C=O) groups is 1. The second kappa shape index (κ2) is 8.38. The number of halogens is 3. The minimum atomic E-state index is -4.54. The number of nitriles is 1. The number of pyridine rings is 1. The number of nitrogens with zero attached hydrogens (tertiary/aromatic N) is 4. The molecule has 1 unspecified atom stereocenters. The number of primary amides is 1. The van der Waals surface area contributed by atoms with Crippen LogP contribution in [-0.2, 0) is 6.18 Å². The summed E-state index contributed by atoms with van der Waals surface area (Å²) in [4.78, 5) is 23.8. The summed E-state index contributed by atoms with van der Waals surface area (Å²) < 4.78 is 39.6. The number of alkyl halides is 3. The molecule has 0 radical (unpaired) electrons. The molecule has 1 amide bonds. The summed E-state index contributed by atoms with van der Waals surface area (Å²) in [6.45, 7) is 2.10. The Bertz CT molecular complexity index is 1250. The molecule has 0 bridgehead atoms.